The number of hydrogen-bond acceptors (Lipinski definition) is 0. The van der Waals surface area contributed by atoms with E-state index < -0.39 is 0 Å². The van der Waals surface area contributed by atoms with Crippen molar-refractivity contribution >= 4 is 0 Å². The maximum absolute atomic E-state index is 2.36. The fourth-order valence-electron chi connectivity index (χ4n) is 2.02. The van der Waals surface area contributed by atoms with Crippen LogP contribution in [0.5, 0.6) is 0 Å². The van der Waals surface area contributed by atoms with Crippen molar-refractivity contribution in [3.05, 3.63) is 11.1 Å². The summed E-state index contributed by atoms with van der Waals surface area (Å²) in [6.45, 7) is 11.5. The first kappa shape index (κ1) is 8.83. The third-order valence-corrected chi connectivity index (χ3v) is 3.15. The van der Waals surface area contributed by atoms with Crippen molar-refractivity contribution in [3.63, 3.8) is 0 Å². The molecule has 11 heavy (non-hydrogen) atoms. The molecule has 0 aromatic heterocycles. The average Bonchev–Trinajstić information content (AvgIpc) is 2.59. The van der Waals surface area contributed by atoms with Gasteiger partial charge >= 0.3 is 0 Å². The smallest absolute Gasteiger partial charge is 0.0137 e. The summed E-state index contributed by atoms with van der Waals surface area (Å²) in [7, 11) is 0. The third kappa shape index (κ3) is 1.50. The standard InChI is InChI=1S/C11H20/c1-6-10-9(5)11(10)8(4)7(2)3/h7,9-10H,6H2,1-5H3. The van der Waals surface area contributed by atoms with Crippen LogP contribution in [0.1, 0.15) is 41.0 Å². The van der Waals surface area contributed by atoms with E-state index in [4.69, 9.17) is 0 Å². The highest BCUT2D eigenvalue weighted by Crippen LogP contribution is 2.50. The molecule has 0 saturated heterocycles. The molecule has 0 bridgehead atoms. The van der Waals surface area contributed by atoms with Crippen LogP contribution in [0.15, 0.2) is 11.1 Å². The quantitative estimate of drug-likeness (QED) is 0.530. The van der Waals surface area contributed by atoms with Gasteiger partial charge in [0.2, 0.25) is 0 Å². The van der Waals surface area contributed by atoms with Crippen molar-refractivity contribution in [3.8, 4) is 0 Å². The molecule has 2 atom stereocenters. The summed E-state index contributed by atoms with van der Waals surface area (Å²) in [5.41, 5.74) is 3.40. The number of rotatable bonds is 2. The van der Waals surface area contributed by atoms with Crippen LogP contribution in [0.25, 0.3) is 0 Å². The van der Waals surface area contributed by atoms with Crippen LogP contribution >= 0.6 is 0 Å². The third-order valence-electron chi connectivity index (χ3n) is 3.15. The summed E-state index contributed by atoms with van der Waals surface area (Å²) in [5, 5.41) is 0. The maximum atomic E-state index is 2.36. The van der Waals surface area contributed by atoms with Crippen LogP contribution in [0.4, 0.5) is 0 Å². The Balaban J connectivity index is 2.69. The SMILES string of the molecule is CCC1C(=C(C)C(C)C)C1C. The molecule has 0 aliphatic heterocycles. The minimum Gasteiger partial charge on any atom is -0.0710 e. The molecule has 0 aromatic carbocycles. The maximum Gasteiger partial charge on any atom is -0.0137 e. The summed E-state index contributed by atoms with van der Waals surface area (Å²) in [6, 6.07) is 0. The molecule has 1 aliphatic rings. The molecule has 0 heterocycles. The van der Waals surface area contributed by atoms with E-state index >= 15 is 0 Å². The molecule has 2 unspecified atom stereocenters. The first-order valence-electron chi connectivity index (χ1n) is 4.80. The Morgan fingerprint density at radius 3 is 2.27 bits per heavy atom. The van der Waals surface area contributed by atoms with Gasteiger partial charge in [0.15, 0.2) is 0 Å². The Morgan fingerprint density at radius 2 is 2.00 bits per heavy atom. The molecule has 0 heteroatoms. The normalized spacial score (nSPS) is 34.4. The van der Waals surface area contributed by atoms with Crippen LogP contribution in [-0.2, 0) is 0 Å². The van der Waals surface area contributed by atoms with Gasteiger partial charge in [-0.25, -0.2) is 0 Å². The Labute approximate surface area is 70.7 Å². The minimum atomic E-state index is 0.754. The second-order valence-corrected chi connectivity index (χ2v) is 4.10. The van der Waals surface area contributed by atoms with Crippen LogP contribution in [0.3, 0.4) is 0 Å². The Morgan fingerprint density at radius 1 is 1.45 bits per heavy atom. The van der Waals surface area contributed by atoms with E-state index in [2.05, 4.69) is 34.6 Å². The van der Waals surface area contributed by atoms with Gasteiger partial charge in [0, 0.05) is 0 Å². The fourth-order valence-corrected chi connectivity index (χ4v) is 2.02. The van der Waals surface area contributed by atoms with E-state index in [0.717, 1.165) is 17.8 Å². The van der Waals surface area contributed by atoms with Crippen molar-refractivity contribution in [1.29, 1.82) is 0 Å². The van der Waals surface area contributed by atoms with E-state index in [0.29, 0.717) is 0 Å². The zero-order valence-electron chi connectivity index (χ0n) is 8.44. The summed E-state index contributed by atoms with van der Waals surface area (Å²) < 4.78 is 0. The number of allylic oxidation sites excluding steroid dienone is 2. The molecule has 0 aromatic rings. The molecule has 1 saturated carbocycles. The fraction of sp³-hybridized carbons (Fsp3) is 0.818. The van der Waals surface area contributed by atoms with Crippen LogP contribution in [0, 0.1) is 17.8 Å². The second-order valence-electron chi connectivity index (χ2n) is 4.10. The lowest BCUT2D eigenvalue weighted by Crippen LogP contribution is -1.88. The van der Waals surface area contributed by atoms with Gasteiger partial charge in [0.25, 0.3) is 0 Å². The van der Waals surface area contributed by atoms with Gasteiger partial charge in [0.1, 0.15) is 0 Å². The van der Waals surface area contributed by atoms with Gasteiger partial charge in [-0.15, -0.1) is 0 Å². The highest BCUT2D eigenvalue weighted by molar-refractivity contribution is 5.33. The summed E-state index contributed by atoms with van der Waals surface area (Å²) >= 11 is 0. The molecule has 0 nitrogen and oxygen atoms in total. The highest BCUT2D eigenvalue weighted by atomic mass is 14.4. The number of hydrogen-bond donors (Lipinski definition) is 0. The lowest BCUT2D eigenvalue weighted by atomic mass is 10.0. The molecule has 0 spiro atoms. The second kappa shape index (κ2) is 3.00. The van der Waals surface area contributed by atoms with Crippen molar-refractivity contribution in [2.75, 3.05) is 0 Å². The Bertz CT molecular complexity index is 174. The Kier molecular flexibility index (Phi) is 2.41. The largest absolute Gasteiger partial charge is 0.0710 e. The van der Waals surface area contributed by atoms with Gasteiger partial charge in [-0.1, -0.05) is 38.8 Å². The van der Waals surface area contributed by atoms with Gasteiger partial charge < -0.3 is 0 Å². The molecule has 1 rings (SSSR count). The molecule has 64 valence electrons. The van der Waals surface area contributed by atoms with Gasteiger partial charge in [-0.05, 0) is 31.1 Å². The van der Waals surface area contributed by atoms with Gasteiger partial charge in [-0.2, -0.15) is 0 Å². The average molecular weight is 152 g/mol. The predicted molar refractivity (Wildman–Crippen MR) is 50.5 cm³/mol. The molecule has 0 amide bonds. The molecule has 0 radical (unpaired) electrons. The van der Waals surface area contributed by atoms with E-state index in [1.165, 1.54) is 6.42 Å². The summed E-state index contributed by atoms with van der Waals surface area (Å²) in [5.74, 6) is 2.57. The van der Waals surface area contributed by atoms with Crippen molar-refractivity contribution in [1.82, 2.24) is 0 Å². The lowest BCUT2D eigenvalue weighted by molar-refractivity contribution is 0.724. The molecular weight excluding hydrogens is 132 g/mol. The highest BCUT2D eigenvalue weighted by Gasteiger charge is 2.39. The minimum absolute atomic E-state index is 0.754. The van der Waals surface area contributed by atoms with E-state index in [1.54, 1.807) is 11.1 Å². The van der Waals surface area contributed by atoms with Crippen LogP contribution < -0.4 is 0 Å². The first-order chi connectivity index (χ1) is 5.09. The molecular formula is C11H20. The predicted octanol–water partition coefficient (Wildman–Crippen LogP) is 3.63. The Hall–Kier alpha value is -0.260. The van der Waals surface area contributed by atoms with Crippen LogP contribution in [-0.4, -0.2) is 0 Å². The summed E-state index contributed by atoms with van der Waals surface area (Å²) in [6.07, 6.45) is 1.33. The zero-order chi connectivity index (χ0) is 8.59. The molecule has 1 aliphatic carbocycles. The van der Waals surface area contributed by atoms with Crippen LogP contribution in [0.2, 0.25) is 0 Å². The van der Waals surface area contributed by atoms with E-state index in [-0.39, 0.29) is 0 Å². The van der Waals surface area contributed by atoms with E-state index in [1.807, 2.05) is 0 Å². The van der Waals surface area contributed by atoms with Gasteiger partial charge in [-0.3, -0.25) is 0 Å². The van der Waals surface area contributed by atoms with Gasteiger partial charge in [0.05, 0.1) is 0 Å². The molecule has 0 N–H and O–H groups in total. The van der Waals surface area contributed by atoms with E-state index in [9.17, 15) is 0 Å². The lowest BCUT2D eigenvalue weighted by Gasteiger charge is -2.03. The monoisotopic (exact) mass is 152 g/mol. The zero-order valence-corrected chi connectivity index (χ0v) is 8.44. The van der Waals surface area contributed by atoms with Crippen molar-refractivity contribution in [2.24, 2.45) is 17.8 Å². The van der Waals surface area contributed by atoms with Crippen molar-refractivity contribution < 1.29 is 0 Å². The summed E-state index contributed by atoms with van der Waals surface area (Å²) in [4.78, 5) is 0. The molecule has 1 fully saturated rings. The van der Waals surface area contributed by atoms with Crippen molar-refractivity contribution in [2.45, 2.75) is 41.0 Å². The first-order valence-corrected chi connectivity index (χ1v) is 4.80. The topological polar surface area (TPSA) is 0 Å².